The van der Waals surface area contributed by atoms with Crippen LogP contribution in [0.4, 0.5) is 4.39 Å². The molecular formula is C16H15FN2O2. The molecule has 0 spiro atoms. The SMILES string of the molecule is Cc1ccc(C)c(C(=O)NNC(=O)c2ccc(F)cc2)c1. The first-order valence-electron chi connectivity index (χ1n) is 6.41. The van der Waals surface area contributed by atoms with Gasteiger partial charge in [-0.3, -0.25) is 20.4 Å². The molecule has 2 aromatic carbocycles. The van der Waals surface area contributed by atoms with Gasteiger partial charge in [-0.05, 0) is 49.7 Å². The summed E-state index contributed by atoms with van der Waals surface area (Å²) in [5.41, 5.74) is 7.17. The third-order valence-electron chi connectivity index (χ3n) is 3.03. The van der Waals surface area contributed by atoms with Gasteiger partial charge in [0.15, 0.2) is 0 Å². The Hall–Kier alpha value is -2.69. The van der Waals surface area contributed by atoms with Crippen LogP contribution in [0.1, 0.15) is 31.8 Å². The number of carbonyl (C=O) groups is 2. The van der Waals surface area contributed by atoms with Crippen LogP contribution in [0, 0.1) is 19.7 Å². The first-order chi connectivity index (χ1) is 9.97. The smallest absolute Gasteiger partial charge is 0.267 e. The molecule has 0 aliphatic rings. The quantitative estimate of drug-likeness (QED) is 0.833. The van der Waals surface area contributed by atoms with Crippen molar-refractivity contribution in [1.29, 1.82) is 0 Å². The second-order valence-corrected chi connectivity index (χ2v) is 4.73. The number of benzene rings is 2. The average Bonchev–Trinajstić information content (AvgIpc) is 2.47. The molecule has 0 aliphatic heterocycles. The van der Waals surface area contributed by atoms with Crippen molar-refractivity contribution in [1.82, 2.24) is 10.9 Å². The average molecular weight is 286 g/mol. The largest absolute Gasteiger partial charge is 0.269 e. The van der Waals surface area contributed by atoms with E-state index >= 15 is 0 Å². The maximum absolute atomic E-state index is 12.8. The van der Waals surface area contributed by atoms with Crippen molar-refractivity contribution >= 4 is 11.8 Å². The Bertz CT molecular complexity index is 681. The summed E-state index contributed by atoms with van der Waals surface area (Å²) in [5, 5.41) is 0. The van der Waals surface area contributed by atoms with Crippen LogP contribution in [0.5, 0.6) is 0 Å². The molecule has 0 radical (unpaired) electrons. The van der Waals surface area contributed by atoms with E-state index in [0.717, 1.165) is 11.1 Å². The lowest BCUT2D eigenvalue weighted by Gasteiger charge is -2.10. The van der Waals surface area contributed by atoms with Gasteiger partial charge in [-0.2, -0.15) is 0 Å². The fourth-order valence-electron chi connectivity index (χ4n) is 1.83. The predicted molar refractivity (Wildman–Crippen MR) is 77.2 cm³/mol. The molecule has 2 N–H and O–H groups in total. The van der Waals surface area contributed by atoms with Gasteiger partial charge in [-0.1, -0.05) is 17.7 Å². The maximum atomic E-state index is 12.8. The van der Waals surface area contributed by atoms with Gasteiger partial charge in [-0.15, -0.1) is 0 Å². The number of hydrazine groups is 1. The molecule has 0 saturated carbocycles. The van der Waals surface area contributed by atoms with E-state index in [4.69, 9.17) is 0 Å². The lowest BCUT2D eigenvalue weighted by Crippen LogP contribution is -2.41. The molecule has 4 nitrogen and oxygen atoms in total. The Morgan fingerprint density at radius 3 is 2.19 bits per heavy atom. The minimum absolute atomic E-state index is 0.262. The molecule has 21 heavy (non-hydrogen) atoms. The monoisotopic (exact) mass is 286 g/mol. The lowest BCUT2D eigenvalue weighted by atomic mass is 10.1. The molecule has 0 atom stereocenters. The predicted octanol–water partition coefficient (Wildman–Crippen LogP) is 2.52. The van der Waals surface area contributed by atoms with E-state index in [1.807, 2.05) is 26.0 Å². The number of nitrogens with one attached hydrogen (secondary N) is 2. The zero-order valence-corrected chi connectivity index (χ0v) is 11.7. The van der Waals surface area contributed by atoms with Gasteiger partial charge < -0.3 is 0 Å². The van der Waals surface area contributed by atoms with Gasteiger partial charge in [0.2, 0.25) is 0 Å². The number of aryl methyl sites for hydroxylation is 2. The molecule has 0 unspecified atom stereocenters. The summed E-state index contributed by atoms with van der Waals surface area (Å²) in [6, 6.07) is 10.5. The van der Waals surface area contributed by atoms with E-state index in [9.17, 15) is 14.0 Å². The topological polar surface area (TPSA) is 58.2 Å². The highest BCUT2D eigenvalue weighted by molar-refractivity contribution is 5.99. The Morgan fingerprint density at radius 2 is 1.52 bits per heavy atom. The number of hydrogen-bond acceptors (Lipinski definition) is 2. The standard InChI is InChI=1S/C16H15FN2O2/c1-10-3-4-11(2)14(9-10)16(21)19-18-15(20)12-5-7-13(17)8-6-12/h3-9H,1-2H3,(H,18,20)(H,19,21). The van der Waals surface area contributed by atoms with Gasteiger partial charge in [0, 0.05) is 11.1 Å². The Balaban J connectivity index is 2.02. The molecule has 0 fully saturated rings. The first-order valence-corrected chi connectivity index (χ1v) is 6.41. The van der Waals surface area contributed by atoms with E-state index in [-0.39, 0.29) is 5.56 Å². The Labute approximate surface area is 122 Å². The Morgan fingerprint density at radius 1 is 0.905 bits per heavy atom. The van der Waals surface area contributed by atoms with Crippen molar-refractivity contribution in [3.63, 3.8) is 0 Å². The van der Waals surface area contributed by atoms with Crippen LogP contribution in [0.15, 0.2) is 42.5 Å². The molecule has 2 aromatic rings. The highest BCUT2D eigenvalue weighted by Crippen LogP contribution is 2.10. The molecular weight excluding hydrogens is 271 g/mol. The van der Waals surface area contributed by atoms with Crippen LogP contribution in [0.25, 0.3) is 0 Å². The third kappa shape index (κ3) is 3.66. The van der Waals surface area contributed by atoms with Crippen LogP contribution in [-0.2, 0) is 0 Å². The summed E-state index contributed by atoms with van der Waals surface area (Å²) < 4.78 is 12.8. The van der Waals surface area contributed by atoms with Crippen molar-refractivity contribution in [2.24, 2.45) is 0 Å². The highest BCUT2D eigenvalue weighted by Gasteiger charge is 2.11. The van der Waals surface area contributed by atoms with E-state index < -0.39 is 17.6 Å². The fourth-order valence-corrected chi connectivity index (χ4v) is 1.83. The zero-order valence-electron chi connectivity index (χ0n) is 11.7. The van der Waals surface area contributed by atoms with Crippen molar-refractivity contribution in [2.75, 3.05) is 0 Å². The summed E-state index contributed by atoms with van der Waals surface area (Å²) in [7, 11) is 0. The van der Waals surface area contributed by atoms with Crippen molar-refractivity contribution in [2.45, 2.75) is 13.8 Å². The number of rotatable bonds is 2. The van der Waals surface area contributed by atoms with Crippen molar-refractivity contribution in [3.8, 4) is 0 Å². The summed E-state index contributed by atoms with van der Waals surface area (Å²) in [4.78, 5) is 23.8. The minimum Gasteiger partial charge on any atom is -0.267 e. The summed E-state index contributed by atoms with van der Waals surface area (Å²) in [6.07, 6.45) is 0. The molecule has 2 amide bonds. The number of carbonyl (C=O) groups excluding carboxylic acids is 2. The maximum Gasteiger partial charge on any atom is 0.269 e. The van der Waals surface area contributed by atoms with Crippen molar-refractivity contribution < 1.29 is 14.0 Å². The molecule has 5 heteroatoms. The second kappa shape index (κ2) is 6.17. The third-order valence-corrected chi connectivity index (χ3v) is 3.03. The lowest BCUT2D eigenvalue weighted by molar-refractivity contribution is 0.0846. The van der Waals surface area contributed by atoms with Crippen LogP contribution < -0.4 is 10.9 Å². The van der Waals surface area contributed by atoms with E-state index in [1.165, 1.54) is 24.3 Å². The van der Waals surface area contributed by atoms with Gasteiger partial charge >= 0.3 is 0 Å². The second-order valence-electron chi connectivity index (χ2n) is 4.73. The van der Waals surface area contributed by atoms with Crippen LogP contribution in [-0.4, -0.2) is 11.8 Å². The molecule has 2 rings (SSSR count). The molecule has 0 aliphatic carbocycles. The van der Waals surface area contributed by atoms with Crippen molar-refractivity contribution in [3.05, 3.63) is 70.5 Å². The molecule has 0 bridgehead atoms. The summed E-state index contributed by atoms with van der Waals surface area (Å²) >= 11 is 0. The first kappa shape index (κ1) is 14.7. The fraction of sp³-hybridized carbons (Fsp3) is 0.125. The Kier molecular flexibility index (Phi) is 4.33. The van der Waals surface area contributed by atoms with E-state index in [2.05, 4.69) is 10.9 Å². The summed E-state index contributed by atoms with van der Waals surface area (Å²) in [5.74, 6) is -1.33. The minimum atomic E-state index is -0.506. The van der Waals surface area contributed by atoms with Gasteiger partial charge in [0.05, 0.1) is 0 Å². The number of hydrogen-bond donors (Lipinski definition) is 2. The van der Waals surface area contributed by atoms with Crippen LogP contribution >= 0.6 is 0 Å². The normalized spacial score (nSPS) is 10.0. The van der Waals surface area contributed by atoms with Crippen LogP contribution in [0.2, 0.25) is 0 Å². The number of halogens is 1. The number of amides is 2. The molecule has 0 aromatic heterocycles. The molecule has 0 saturated heterocycles. The highest BCUT2D eigenvalue weighted by atomic mass is 19.1. The van der Waals surface area contributed by atoms with Gasteiger partial charge in [-0.25, -0.2) is 4.39 Å². The molecule has 0 heterocycles. The molecule has 108 valence electrons. The zero-order chi connectivity index (χ0) is 15.4. The van der Waals surface area contributed by atoms with Crippen LogP contribution in [0.3, 0.4) is 0 Å². The van der Waals surface area contributed by atoms with Gasteiger partial charge in [0.25, 0.3) is 11.8 Å². The van der Waals surface area contributed by atoms with Gasteiger partial charge in [0.1, 0.15) is 5.82 Å². The van der Waals surface area contributed by atoms with E-state index in [0.29, 0.717) is 5.56 Å². The summed E-state index contributed by atoms with van der Waals surface area (Å²) in [6.45, 7) is 3.70. The van der Waals surface area contributed by atoms with E-state index in [1.54, 1.807) is 6.07 Å².